The van der Waals surface area contributed by atoms with Gasteiger partial charge in [0.15, 0.2) is 13.9 Å². The van der Waals surface area contributed by atoms with Gasteiger partial charge in [-0.1, -0.05) is 49.4 Å². The summed E-state index contributed by atoms with van der Waals surface area (Å²) in [6.07, 6.45) is 1.41. The van der Waals surface area contributed by atoms with Crippen molar-refractivity contribution in [3.05, 3.63) is 99.6 Å². The molecule has 52 heavy (non-hydrogen) atoms. The van der Waals surface area contributed by atoms with Crippen molar-refractivity contribution in [1.29, 1.82) is 0 Å². The van der Waals surface area contributed by atoms with Gasteiger partial charge in [-0.2, -0.15) is 5.10 Å². The summed E-state index contributed by atoms with van der Waals surface area (Å²) in [5.41, 5.74) is 1.46. The first-order valence-corrected chi connectivity index (χ1v) is 20.8. The fraction of sp³-hybridized carbons (Fsp3) is 0.421. The highest BCUT2D eigenvalue weighted by molar-refractivity contribution is 6.71. The van der Waals surface area contributed by atoms with Crippen LogP contribution in [0.15, 0.2) is 77.9 Å². The fourth-order valence-electron chi connectivity index (χ4n) is 8.70. The van der Waals surface area contributed by atoms with Gasteiger partial charge in [-0.25, -0.2) is 5.01 Å². The Morgan fingerprint density at radius 3 is 2.48 bits per heavy atom. The maximum atomic E-state index is 14.8. The SMILES string of the molecule is C[C@@H]1[C@@H]([Si](C)(C)O)[C@H](CC(=O)N2CCC[C@H]2CO)O[C@@]12C(=O)N(Cc1ccc(N3N=C(c4ccccc4)CCC3=O)cc1)c1ccc([N+](=O)[O-])cc12. The van der Waals surface area contributed by atoms with Gasteiger partial charge >= 0.3 is 0 Å². The smallest absolute Gasteiger partial charge is 0.269 e. The van der Waals surface area contributed by atoms with Gasteiger partial charge in [0, 0.05) is 48.5 Å². The third-order valence-corrected chi connectivity index (χ3v) is 13.6. The molecule has 1 spiro atoms. The number of benzene rings is 3. The topological polar surface area (TPSA) is 166 Å². The summed E-state index contributed by atoms with van der Waals surface area (Å²) >= 11 is 0. The van der Waals surface area contributed by atoms with Crippen LogP contribution >= 0.6 is 0 Å². The highest BCUT2D eigenvalue weighted by Gasteiger charge is 2.66. The van der Waals surface area contributed by atoms with Gasteiger partial charge in [-0.05, 0) is 55.3 Å². The number of aliphatic hydroxyl groups excluding tert-OH is 1. The minimum Gasteiger partial charge on any atom is -0.432 e. The number of hydrazone groups is 1. The Bertz CT molecular complexity index is 1930. The molecule has 0 aliphatic carbocycles. The highest BCUT2D eigenvalue weighted by atomic mass is 28.4. The number of nitro groups is 1. The quantitative estimate of drug-likeness (QED) is 0.180. The zero-order valence-corrected chi connectivity index (χ0v) is 30.5. The number of carbonyl (C=O) groups is 3. The van der Waals surface area contributed by atoms with Crippen LogP contribution < -0.4 is 9.91 Å². The molecule has 3 amide bonds. The number of hydrogen-bond donors (Lipinski definition) is 2. The Labute approximate surface area is 302 Å². The van der Waals surface area contributed by atoms with Crippen molar-refractivity contribution >= 4 is 48.8 Å². The number of amides is 3. The van der Waals surface area contributed by atoms with Crippen LogP contribution in [0.25, 0.3) is 0 Å². The van der Waals surface area contributed by atoms with E-state index in [-0.39, 0.29) is 43.1 Å². The van der Waals surface area contributed by atoms with Crippen LogP contribution in [0.1, 0.15) is 55.7 Å². The van der Waals surface area contributed by atoms with E-state index in [9.17, 15) is 34.4 Å². The lowest BCUT2D eigenvalue weighted by molar-refractivity contribution is -0.385. The van der Waals surface area contributed by atoms with Crippen LogP contribution in [0.4, 0.5) is 17.1 Å². The van der Waals surface area contributed by atoms with Crippen molar-refractivity contribution in [2.45, 2.75) is 82.0 Å². The highest BCUT2D eigenvalue weighted by Crippen LogP contribution is 2.60. The zero-order chi connectivity index (χ0) is 36.9. The number of aliphatic hydroxyl groups is 1. The minimum atomic E-state index is -3.11. The van der Waals surface area contributed by atoms with E-state index < -0.39 is 42.3 Å². The average Bonchev–Trinajstić information content (AvgIpc) is 3.79. The first-order valence-electron chi connectivity index (χ1n) is 17.8. The van der Waals surface area contributed by atoms with Gasteiger partial charge in [0.05, 0.1) is 53.7 Å². The van der Waals surface area contributed by atoms with Crippen LogP contribution in [0, 0.1) is 16.0 Å². The zero-order valence-electron chi connectivity index (χ0n) is 29.5. The number of nitrogens with zero attached hydrogens (tertiary/aromatic N) is 5. The summed E-state index contributed by atoms with van der Waals surface area (Å²) in [5, 5.41) is 27.9. The van der Waals surface area contributed by atoms with Crippen molar-refractivity contribution in [2.24, 2.45) is 11.0 Å². The summed E-state index contributed by atoms with van der Waals surface area (Å²) in [6.45, 7) is 5.80. The molecule has 4 aliphatic rings. The van der Waals surface area contributed by atoms with Crippen LogP contribution in [0.2, 0.25) is 18.6 Å². The van der Waals surface area contributed by atoms with E-state index in [4.69, 9.17) is 4.74 Å². The lowest BCUT2D eigenvalue weighted by Gasteiger charge is -2.32. The Hall–Kier alpha value is -4.76. The number of likely N-dealkylation sites (tertiary alicyclic amines) is 1. The molecule has 2 fully saturated rings. The average molecular weight is 726 g/mol. The van der Waals surface area contributed by atoms with Crippen LogP contribution in [0.5, 0.6) is 0 Å². The molecular weight excluding hydrogens is 683 g/mol. The molecule has 272 valence electrons. The third kappa shape index (κ3) is 6.12. The number of non-ortho nitro benzene ring substituents is 1. The normalized spacial score (nSPS) is 25.9. The largest absolute Gasteiger partial charge is 0.432 e. The number of hydrogen-bond acceptors (Lipinski definition) is 9. The molecule has 3 aromatic carbocycles. The number of ether oxygens (including phenoxy) is 1. The van der Waals surface area contributed by atoms with Crippen molar-refractivity contribution < 1.29 is 33.9 Å². The molecule has 0 unspecified atom stereocenters. The molecule has 13 nitrogen and oxygen atoms in total. The molecule has 4 heterocycles. The van der Waals surface area contributed by atoms with E-state index in [0.717, 1.165) is 23.3 Å². The van der Waals surface area contributed by atoms with E-state index in [2.05, 4.69) is 5.10 Å². The first kappa shape index (κ1) is 35.6. The predicted molar refractivity (Wildman–Crippen MR) is 196 cm³/mol. The number of anilines is 2. The van der Waals surface area contributed by atoms with E-state index in [1.807, 2.05) is 49.4 Å². The Morgan fingerprint density at radius 1 is 1.08 bits per heavy atom. The first-order chi connectivity index (χ1) is 24.8. The lowest BCUT2D eigenvalue weighted by Crippen LogP contribution is -2.46. The summed E-state index contributed by atoms with van der Waals surface area (Å²) in [7, 11) is -3.11. The molecule has 14 heteroatoms. The van der Waals surface area contributed by atoms with Crippen molar-refractivity contribution in [3.8, 4) is 0 Å². The molecular formula is C38H43N5O8Si. The Kier molecular flexibility index (Phi) is 9.36. The number of nitro benzene ring substituents is 1. The van der Waals surface area contributed by atoms with Crippen molar-refractivity contribution in [3.63, 3.8) is 0 Å². The predicted octanol–water partition coefficient (Wildman–Crippen LogP) is 4.84. The van der Waals surface area contributed by atoms with Crippen LogP contribution in [-0.4, -0.2) is 76.8 Å². The molecule has 0 bridgehead atoms. The fourth-order valence-corrected chi connectivity index (χ4v) is 11.3. The summed E-state index contributed by atoms with van der Waals surface area (Å²) in [5.74, 6) is -1.38. The maximum Gasteiger partial charge on any atom is 0.269 e. The second-order valence-electron chi connectivity index (χ2n) is 14.8. The third-order valence-electron chi connectivity index (χ3n) is 11.1. The molecule has 2 N–H and O–H groups in total. The Balaban J connectivity index is 1.20. The molecule has 0 saturated carbocycles. The van der Waals surface area contributed by atoms with Gasteiger partial charge in [0.1, 0.15) is 0 Å². The molecule has 7 rings (SSSR count). The van der Waals surface area contributed by atoms with Crippen LogP contribution in [0.3, 0.4) is 0 Å². The van der Waals surface area contributed by atoms with Gasteiger partial charge in [0.25, 0.3) is 11.6 Å². The van der Waals surface area contributed by atoms with Gasteiger partial charge in [-0.15, -0.1) is 0 Å². The molecule has 3 aromatic rings. The van der Waals surface area contributed by atoms with Crippen LogP contribution in [-0.2, 0) is 31.3 Å². The van der Waals surface area contributed by atoms with Gasteiger partial charge in [-0.3, -0.25) is 24.5 Å². The second kappa shape index (κ2) is 13.7. The van der Waals surface area contributed by atoms with E-state index >= 15 is 0 Å². The summed E-state index contributed by atoms with van der Waals surface area (Å²) in [4.78, 5) is 67.7. The number of rotatable bonds is 9. The second-order valence-corrected chi connectivity index (χ2v) is 18.7. The van der Waals surface area contributed by atoms with E-state index in [1.165, 1.54) is 17.1 Å². The molecule has 0 radical (unpaired) electrons. The van der Waals surface area contributed by atoms with Gasteiger partial charge in [0.2, 0.25) is 11.8 Å². The molecule has 0 aromatic heterocycles. The molecule has 4 aliphatic heterocycles. The molecule has 2 saturated heterocycles. The maximum absolute atomic E-state index is 14.8. The number of carbonyl (C=O) groups excluding carboxylic acids is 3. The summed E-state index contributed by atoms with van der Waals surface area (Å²) < 4.78 is 6.75. The summed E-state index contributed by atoms with van der Waals surface area (Å²) in [6, 6.07) is 20.9. The van der Waals surface area contributed by atoms with E-state index in [0.29, 0.717) is 42.7 Å². The van der Waals surface area contributed by atoms with E-state index in [1.54, 1.807) is 41.1 Å². The standard InChI is InChI=1S/C38H43N5O8Si/c1-24-36(52(2,3)50)33(21-35(46)40-19-7-10-29(40)23-44)51-38(24)30-20-28(43(48)49)15-17-32(30)41(37(38)47)22-25-11-13-27(14-12-25)42-34(45)18-16-31(39-42)26-8-5-4-6-9-26/h4-6,8-9,11-15,17,20,24,29,33,36,44,50H,7,10,16,18-19,21-23H2,1-3H3/t24-,29+,33+,36-,38+/m1/s1. The van der Waals surface area contributed by atoms with Crippen molar-refractivity contribution in [2.75, 3.05) is 23.1 Å². The van der Waals surface area contributed by atoms with Crippen molar-refractivity contribution in [1.82, 2.24) is 4.90 Å². The number of fused-ring (bicyclic) bond motifs is 2. The molecule has 5 atom stereocenters. The van der Waals surface area contributed by atoms with Gasteiger partial charge < -0.3 is 24.4 Å². The monoisotopic (exact) mass is 725 g/mol. The lowest BCUT2D eigenvalue weighted by atomic mass is 9.82. The Morgan fingerprint density at radius 2 is 1.81 bits per heavy atom. The minimum absolute atomic E-state index is 0.0903.